The zero-order valence-electron chi connectivity index (χ0n) is 12.9. The van der Waals surface area contributed by atoms with Gasteiger partial charge in [-0.3, -0.25) is 18.9 Å². The largest absolute Gasteiger partial charge is 0.494 e. The maximum atomic E-state index is 12.4. The van der Waals surface area contributed by atoms with Crippen LogP contribution in [0.3, 0.4) is 0 Å². The zero-order valence-corrected chi connectivity index (χ0v) is 13.7. The molecule has 5 nitrogen and oxygen atoms in total. The Kier molecular flexibility index (Phi) is 4.92. The van der Waals surface area contributed by atoms with E-state index < -0.39 is 0 Å². The third kappa shape index (κ3) is 3.01. The van der Waals surface area contributed by atoms with E-state index in [0.717, 1.165) is 11.3 Å². The summed E-state index contributed by atoms with van der Waals surface area (Å²) < 4.78 is 3.30. The normalized spacial score (nSPS) is 11.2. The minimum absolute atomic E-state index is 0.141. The Labute approximate surface area is 134 Å². The maximum absolute atomic E-state index is 12.4. The lowest BCUT2D eigenvalue weighted by molar-refractivity contribution is 0.399. The van der Waals surface area contributed by atoms with Crippen molar-refractivity contribution < 1.29 is 5.11 Å². The molecule has 1 N–H and O–H groups in total. The Hall–Kier alpha value is -2.21. The number of hydrogen-bond donors (Lipinski definition) is 1. The summed E-state index contributed by atoms with van der Waals surface area (Å²) in [5.41, 5.74) is 1.68. The molecule has 6 heteroatoms. The summed E-state index contributed by atoms with van der Waals surface area (Å²) in [6.45, 7) is 6.63. The molecule has 116 valence electrons. The average Bonchev–Trinajstić information content (AvgIpc) is 2.50. The second-order valence-electron chi connectivity index (χ2n) is 4.91. The summed E-state index contributed by atoms with van der Waals surface area (Å²) in [7, 11) is 0. The molecule has 0 saturated heterocycles. The van der Waals surface area contributed by atoms with E-state index >= 15 is 0 Å². The molecular formula is C16H19N3O2S. The molecule has 1 heterocycles. The van der Waals surface area contributed by atoms with Crippen LogP contribution in [0.2, 0.25) is 0 Å². The highest BCUT2D eigenvalue weighted by molar-refractivity contribution is 7.71. The summed E-state index contributed by atoms with van der Waals surface area (Å²) in [4.78, 5) is 16.7. The number of aliphatic imine (C=N–C) groups is 1. The van der Waals surface area contributed by atoms with Crippen LogP contribution in [-0.4, -0.2) is 20.5 Å². The monoisotopic (exact) mass is 317 g/mol. The average molecular weight is 317 g/mol. The number of benzene rings is 1. The van der Waals surface area contributed by atoms with Gasteiger partial charge in [-0.25, -0.2) is 0 Å². The molecular weight excluding hydrogens is 298 g/mol. The first-order valence-corrected chi connectivity index (χ1v) is 7.57. The van der Waals surface area contributed by atoms with E-state index in [0.29, 0.717) is 17.9 Å². The van der Waals surface area contributed by atoms with Gasteiger partial charge in [0.15, 0.2) is 4.77 Å². The molecule has 22 heavy (non-hydrogen) atoms. The Balaban J connectivity index is 2.58. The van der Waals surface area contributed by atoms with Crippen LogP contribution in [-0.2, 0) is 13.1 Å². The highest BCUT2D eigenvalue weighted by Crippen LogP contribution is 2.16. The van der Waals surface area contributed by atoms with Gasteiger partial charge in [-0.15, -0.1) is 0 Å². The van der Waals surface area contributed by atoms with Crippen molar-refractivity contribution >= 4 is 24.1 Å². The summed E-state index contributed by atoms with van der Waals surface area (Å²) in [5.74, 6) is -0.141. The molecule has 0 bridgehead atoms. The number of aromatic nitrogens is 2. The van der Waals surface area contributed by atoms with E-state index in [1.165, 1.54) is 15.3 Å². The zero-order chi connectivity index (χ0) is 16.3. The lowest BCUT2D eigenvalue weighted by atomic mass is 10.2. The molecule has 0 aliphatic carbocycles. The number of aromatic hydroxyl groups is 1. The van der Waals surface area contributed by atoms with Gasteiger partial charge in [-0.1, -0.05) is 17.7 Å². The SMILES string of the molecule is CCn1c(O)c(C=Nc2ccc(C)cc2)c(=O)n(CC)c1=S. The van der Waals surface area contributed by atoms with Gasteiger partial charge in [-0.2, -0.15) is 0 Å². The molecule has 1 aromatic heterocycles. The number of rotatable bonds is 4. The number of nitrogens with zero attached hydrogens (tertiary/aromatic N) is 3. The maximum Gasteiger partial charge on any atom is 0.267 e. The molecule has 0 saturated carbocycles. The fourth-order valence-electron chi connectivity index (χ4n) is 2.16. The summed E-state index contributed by atoms with van der Waals surface area (Å²) >= 11 is 5.24. The number of aryl methyl sites for hydroxylation is 1. The van der Waals surface area contributed by atoms with Crippen molar-refractivity contribution in [2.45, 2.75) is 33.9 Å². The first kappa shape index (κ1) is 16.2. The summed E-state index contributed by atoms with van der Waals surface area (Å²) in [6.07, 6.45) is 1.40. The Morgan fingerprint density at radius 1 is 1.18 bits per heavy atom. The van der Waals surface area contributed by atoms with Gasteiger partial charge in [0.2, 0.25) is 5.88 Å². The molecule has 2 rings (SSSR count). The molecule has 0 aliphatic rings. The predicted octanol–water partition coefficient (Wildman–Crippen LogP) is 3.18. The van der Waals surface area contributed by atoms with E-state index in [1.54, 1.807) is 0 Å². The van der Waals surface area contributed by atoms with Crippen LogP contribution in [0.15, 0.2) is 34.1 Å². The molecule has 0 aliphatic heterocycles. The second-order valence-corrected chi connectivity index (χ2v) is 5.27. The molecule has 0 radical (unpaired) electrons. The van der Waals surface area contributed by atoms with Crippen molar-refractivity contribution in [1.82, 2.24) is 9.13 Å². The van der Waals surface area contributed by atoms with E-state index in [-0.39, 0.29) is 17.0 Å². The lowest BCUT2D eigenvalue weighted by Crippen LogP contribution is -2.27. The fraction of sp³-hybridized carbons (Fsp3) is 0.312. The van der Waals surface area contributed by atoms with Crippen molar-refractivity contribution in [3.8, 4) is 5.88 Å². The van der Waals surface area contributed by atoms with Crippen molar-refractivity contribution in [3.05, 3.63) is 50.5 Å². The van der Waals surface area contributed by atoms with Crippen molar-refractivity contribution in [2.24, 2.45) is 4.99 Å². The second kappa shape index (κ2) is 6.70. The Bertz CT molecular complexity index is 817. The van der Waals surface area contributed by atoms with Gasteiger partial charge in [0.05, 0.1) is 5.69 Å². The Morgan fingerprint density at radius 3 is 2.32 bits per heavy atom. The summed E-state index contributed by atoms with van der Waals surface area (Å²) in [6, 6.07) is 7.60. The molecule has 0 spiro atoms. The first-order valence-electron chi connectivity index (χ1n) is 7.16. The molecule has 0 atom stereocenters. The fourth-order valence-corrected chi connectivity index (χ4v) is 2.58. The first-order chi connectivity index (χ1) is 10.5. The van der Waals surface area contributed by atoms with Gasteiger partial charge in [0.1, 0.15) is 5.56 Å². The smallest absolute Gasteiger partial charge is 0.267 e. The van der Waals surface area contributed by atoms with Gasteiger partial charge in [-0.05, 0) is 45.1 Å². The molecule has 1 aromatic carbocycles. The van der Waals surface area contributed by atoms with Crippen molar-refractivity contribution in [1.29, 1.82) is 0 Å². The van der Waals surface area contributed by atoms with E-state index in [9.17, 15) is 9.90 Å². The predicted molar refractivity (Wildman–Crippen MR) is 91.0 cm³/mol. The Morgan fingerprint density at radius 2 is 1.77 bits per heavy atom. The van der Waals surface area contributed by atoms with Crippen molar-refractivity contribution in [3.63, 3.8) is 0 Å². The third-order valence-corrected chi connectivity index (χ3v) is 3.88. The van der Waals surface area contributed by atoms with Gasteiger partial charge in [0.25, 0.3) is 5.56 Å². The van der Waals surface area contributed by atoms with Crippen LogP contribution in [0.4, 0.5) is 5.69 Å². The van der Waals surface area contributed by atoms with Crippen LogP contribution < -0.4 is 5.56 Å². The highest BCUT2D eigenvalue weighted by Gasteiger charge is 2.13. The van der Waals surface area contributed by atoms with E-state index in [2.05, 4.69) is 4.99 Å². The van der Waals surface area contributed by atoms with Crippen LogP contribution >= 0.6 is 12.2 Å². The minimum atomic E-state index is -0.328. The van der Waals surface area contributed by atoms with Crippen LogP contribution in [0.5, 0.6) is 5.88 Å². The lowest BCUT2D eigenvalue weighted by Gasteiger charge is -2.13. The third-order valence-electron chi connectivity index (χ3n) is 3.44. The van der Waals surface area contributed by atoms with Crippen molar-refractivity contribution in [2.75, 3.05) is 0 Å². The summed E-state index contributed by atoms with van der Waals surface area (Å²) in [5, 5.41) is 10.3. The van der Waals surface area contributed by atoms with Gasteiger partial charge in [0, 0.05) is 19.3 Å². The number of hydrogen-bond acceptors (Lipinski definition) is 4. The molecule has 0 fully saturated rings. The minimum Gasteiger partial charge on any atom is -0.494 e. The van der Waals surface area contributed by atoms with Gasteiger partial charge >= 0.3 is 0 Å². The quantitative estimate of drug-likeness (QED) is 0.696. The standard InChI is InChI=1S/C16H19N3O2S/c1-4-18-14(20)13(15(21)19(5-2)16(18)22)10-17-12-8-6-11(3)7-9-12/h6-10,20H,4-5H2,1-3H3. The van der Waals surface area contributed by atoms with Crippen LogP contribution in [0.1, 0.15) is 25.0 Å². The van der Waals surface area contributed by atoms with Gasteiger partial charge < -0.3 is 5.11 Å². The topological polar surface area (TPSA) is 59.5 Å². The van der Waals surface area contributed by atoms with Crippen LogP contribution in [0.25, 0.3) is 0 Å². The highest BCUT2D eigenvalue weighted by atomic mass is 32.1. The molecule has 0 amide bonds. The van der Waals surface area contributed by atoms with E-state index in [1.807, 2.05) is 45.0 Å². The molecule has 2 aromatic rings. The van der Waals surface area contributed by atoms with Crippen LogP contribution in [0, 0.1) is 11.7 Å². The molecule has 0 unspecified atom stereocenters. The van der Waals surface area contributed by atoms with E-state index in [4.69, 9.17) is 12.2 Å².